The lowest BCUT2D eigenvalue weighted by molar-refractivity contribution is 0.102. The maximum atomic E-state index is 12.8. The zero-order valence-corrected chi connectivity index (χ0v) is 15.9. The van der Waals surface area contributed by atoms with E-state index in [1.165, 1.54) is 12.1 Å². The van der Waals surface area contributed by atoms with Crippen molar-refractivity contribution in [1.82, 2.24) is 9.97 Å². The summed E-state index contributed by atoms with van der Waals surface area (Å²) in [5.74, 6) is -0.228. The van der Waals surface area contributed by atoms with Crippen LogP contribution in [-0.4, -0.2) is 22.5 Å². The minimum Gasteiger partial charge on any atom is -0.491 e. The number of halogens is 2. The number of nitrogens with one attached hydrogen (secondary N) is 2. The Morgan fingerprint density at radius 3 is 2.60 bits per heavy atom. The zero-order chi connectivity index (χ0) is 20.9. The molecule has 0 aliphatic carbocycles. The van der Waals surface area contributed by atoms with Gasteiger partial charge in [-0.1, -0.05) is 42.5 Å². The Kier molecular flexibility index (Phi) is 5.70. The molecule has 0 atom stereocenters. The molecule has 0 saturated carbocycles. The van der Waals surface area contributed by atoms with Crippen molar-refractivity contribution >= 4 is 22.6 Å². The van der Waals surface area contributed by atoms with Crippen molar-refractivity contribution in [1.29, 1.82) is 0 Å². The highest BCUT2D eigenvalue weighted by atomic mass is 19.3. The van der Waals surface area contributed by atoms with Gasteiger partial charge in [-0.15, -0.1) is 0 Å². The van der Waals surface area contributed by atoms with E-state index in [1.807, 2.05) is 36.4 Å². The SMILES string of the molecule is O=C(Nc1ccccc1OCCc1ccccc1)c1ccc2nc(C(F)F)[nH]c2c1. The maximum Gasteiger partial charge on any atom is 0.295 e. The highest BCUT2D eigenvalue weighted by Crippen LogP contribution is 2.25. The molecule has 7 heteroatoms. The van der Waals surface area contributed by atoms with Gasteiger partial charge in [0.2, 0.25) is 0 Å². The van der Waals surface area contributed by atoms with E-state index in [2.05, 4.69) is 15.3 Å². The molecule has 1 amide bonds. The molecule has 0 radical (unpaired) electrons. The van der Waals surface area contributed by atoms with E-state index >= 15 is 0 Å². The molecule has 4 aromatic rings. The molecule has 1 aromatic heterocycles. The fraction of sp³-hybridized carbons (Fsp3) is 0.130. The number of H-pyrrole nitrogens is 1. The predicted octanol–water partition coefficient (Wildman–Crippen LogP) is 5.37. The number of fused-ring (bicyclic) bond motifs is 1. The third-order valence-corrected chi connectivity index (χ3v) is 4.60. The molecule has 0 spiro atoms. The van der Waals surface area contributed by atoms with Crippen molar-refractivity contribution in [3.05, 3.63) is 89.7 Å². The first-order valence-corrected chi connectivity index (χ1v) is 9.45. The van der Waals surface area contributed by atoms with Gasteiger partial charge in [-0.25, -0.2) is 13.8 Å². The van der Waals surface area contributed by atoms with Gasteiger partial charge < -0.3 is 15.0 Å². The molecular weight excluding hydrogens is 388 g/mol. The van der Waals surface area contributed by atoms with Gasteiger partial charge in [0.25, 0.3) is 12.3 Å². The van der Waals surface area contributed by atoms with Crippen molar-refractivity contribution in [2.45, 2.75) is 12.8 Å². The second-order valence-electron chi connectivity index (χ2n) is 6.69. The summed E-state index contributed by atoms with van der Waals surface area (Å²) in [5.41, 5.74) is 2.78. The minimum atomic E-state index is -2.70. The topological polar surface area (TPSA) is 67.0 Å². The molecule has 2 N–H and O–H groups in total. The molecule has 5 nitrogen and oxygen atoms in total. The summed E-state index contributed by atoms with van der Waals surface area (Å²) in [5, 5.41) is 2.82. The summed E-state index contributed by atoms with van der Waals surface area (Å²) < 4.78 is 31.5. The first kappa shape index (κ1) is 19.6. The van der Waals surface area contributed by atoms with Crippen LogP contribution in [-0.2, 0) is 6.42 Å². The van der Waals surface area contributed by atoms with E-state index in [0.717, 1.165) is 12.0 Å². The van der Waals surface area contributed by atoms with E-state index in [1.54, 1.807) is 24.3 Å². The predicted molar refractivity (Wildman–Crippen MR) is 111 cm³/mol. The summed E-state index contributed by atoms with van der Waals surface area (Å²) in [4.78, 5) is 19.1. The van der Waals surface area contributed by atoms with Crippen LogP contribution in [0.1, 0.15) is 28.2 Å². The van der Waals surface area contributed by atoms with Crippen molar-refractivity contribution in [3.63, 3.8) is 0 Å². The van der Waals surface area contributed by atoms with E-state index in [-0.39, 0.29) is 5.91 Å². The third-order valence-electron chi connectivity index (χ3n) is 4.60. The number of hydrogen-bond donors (Lipinski definition) is 2. The highest BCUT2D eigenvalue weighted by Gasteiger charge is 2.15. The summed E-state index contributed by atoms with van der Waals surface area (Å²) in [6, 6.07) is 21.7. The molecule has 0 aliphatic heterocycles. The van der Waals surface area contributed by atoms with Crippen LogP contribution in [0, 0.1) is 0 Å². The Labute approximate surface area is 171 Å². The van der Waals surface area contributed by atoms with Crippen molar-refractivity contribution in [2.75, 3.05) is 11.9 Å². The van der Waals surface area contributed by atoms with Crippen LogP contribution in [0.15, 0.2) is 72.8 Å². The minimum absolute atomic E-state index is 0.325. The molecular formula is C23H19F2N3O2. The molecule has 0 saturated heterocycles. The van der Waals surface area contributed by atoms with Gasteiger partial charge >= 0.3 is 0 Å². The van der Waals surface area contributed by atoms with E-state index in [9.17, 15) is 13.6 Å². The average Bonchev–Trinajstić information content (AvgIpc) is 3.19. The molecule has 0 bridgehead atoms. The first-order valence-electron chi connectivity index (χ1n) is 9.45. The second kappa shape index (κ2) is 8.73. The lowest BCUT2D eigenvalue weighted by Crippen LogP contribution is -2.13. The number of carbonyl (C=O) groups excluding carboxylic acids is 1. The highest BCUT2D eigenvalue weighted by molar-refractivity contribution is 6.06. The largest absolute Gasteiger partial charge is 0.491 e. The van der Waals surface area contributed by atoms with E-state index < -0.39 is 12.2 Å². The van der Waals surface area contributed by atoms with Gasteiger partial charge in [0.15, 0.2) is 5.82 Å². The number of imidazole rings is 1. The van der Waals surface area contributed by atoms with Gasteiger partial charge in [0.1, 0.15) is 5.75 Å². The van der Waals surface area contributed by atoms with Crippen LogP contribution in [0.4, 0.5) is 14.5 Å². The summed E-state index contributed by atoms with van der Waals surface area (Å²) in [6.07, 6.45) is -1.96. The number of carbonyl (C=O) groups is 1. The maximum absolute atomic E-state index is 12.8. The number of ether oxygens (including phenoxy) is 1. The zero-order valence-electron chi connectivity index (χ0n) is 15.9. The van der Waals surface area contributed by atoms with E-state index in [4.69, 9.17) is 4.74 Å². The Morgan fingerprint density at radius 1 is 1.03 bits per heavy atom. The fourth-order valence-corrected chi connectivity index (χ4v) is 3.09. The van der Waals surface area contributed by atoms with Crippen molar-refractivity contribution in [2.24, 2.45) is 0 Å². The number of hydrogen-bond acceptors (Lipinski definition) is 3. The quantitative estimate of drug-likeness (QED) is 0.433. The fourth-order valence-electron chi connectivity index (χ4n) is 3.09. The Hall–Kier alpha value is -3.74. The average molecular weight is 407 g/mol. The Balaban J connectivity index is 1.46. The number of aromatic amines is 1. The van der Waals surface area contributed by atoms with Crippen LogP contribution in [0.25, 0.3) is 11.0 Å². The van der Waals surface area contributed by atoms with Crippen LogP contribution >= 0.6 is 0 Å². The lowest BCUT2D eigenvalue weighted by atomic mass is 10.1. The van der Waals surface area contributed by atoms with Crippen LogP contribution < -0.4 is 10.1 Å². The van der Waals surface area contributed by atoms with Crippen molar-refractivity contribution < 1.29 is 18.3 Å². The summed E-state index contributed by atoms with van der Waals surface area (Å²) in [6.45, 7) is 0.466. The molecule has 4 rings (SSSR count). The van der Waals surface area contributed by atoms with Gasteiger partial charge in [-0.2, -0.15) is 0 Å². The molecule has 0 unspecified atom stereocenters. The van der Waals surface area contributed by atoms with Crippen LogP contribution in [0.2, 0.25) is 0 Å². The first-order chi connectivity index (χ1) is 14.6. The van der Waals surface area contributed by atoms with Crippen molar-refractivity contribution in [3.8, 4) is 5.75 Å². The van der Waals surface area contributed by atoms with E-state index in [0.29, 0.717) is 34.6 Å². The molecule has 30 heavy (non-hydrogen) atoms. The van der Waals surface area contributed by atoms with Gasteiger partial charge in [0.05, 0.1) is 23.3 Å². The number of alkyl halides is 2. The number of rotatable bonds is 7. The molecule has 1 heterocycles. The number of benzene rings is 3. The number of anilines is 1. The standard InChI is InChI=1S/C23H19F2N3O2/c24-21(25)22-26-17-11-10-16(14-19(17)27-22)23(29)28-18-8-4-5-9-20(18)30-13-12-15-6-2-1-3-7-15/h1-11,14,21H,12-13H2,(H,26,27)(H,28,29). The smallest absolute Gasteiger partial charge is 0.295 e. The number of aromatic nitrogens is 2. The normalized spacial score (nSPS) is 11.0. The molecule has 0 fully saturated rings. The molecule has 152 valence electrons. The van der Waals surface area contributed by atoms with Crippen LogP contribution in [0.3, 0.4) is 0 Å². The Morgan fingerprint density at radius 2 is 1.80 bits per heavy atom. The number of amides is 1. The second-order valence-corrected chi connectivity index (χ2v) is 6.69. The monoisotopic (exact) mass is 407 g/mol. The van der Waals surface area contributed by atoms with Crippen LogP contribution in [0.5, 0.6) is 5.75 Å². The third kappa shape index (κ3) is 4.46. The van der Waals surface area contributed by atoms with Gasteiger partial charge in [-0.3, -0.25) is 4.79 Å². The van der Waals surface area contributed by atoms with Gasteiger partial charge in [-0.05, 0) is 35.9 Å². The molecule has 3 aromatic carbocycles. The summed E-state index contributed by atoms with van der Waals surface area (Å²) >= 11 is 0. The lowest BCUT2D eigenvalue weighted by Gasteiger charge is -2.12. The number of para-hydroxylation sites is 2. The van der Waals surface area contributed by atoms with Gasteiger partial charge in [0, 0.05) is 12.0 Å². The number of nitrogens with zero attached hydrogens (tertiary/aromatic N) is 1. The summed E-state index contributed by atoms with van der Waals surface area (Å²) in [7, 11) is 0. The molecule has 0 aliphatic rings. The Bertz CT molecular complexity index is 1160.